The van der Waals surface area contributed by atoms with Crippen molar-refractivity contribution in [2.45, 2.75) is 90.5 Å². The molecule has 1 rings (SSSR count). The lowest BCUT2D eigenvalue weighted by Crippen LogP contribution is -2.37. The molecule has 2 nitrogen and oxygen atoms in total. The van der Waals surface area contributed by atoms with E-state index < -0.39 is 0 Å². The van der Waals surface area contributed by atoms with Crippen LogP contribution in [0.1, 0.15) is 84.5 Å². The zero-order valence-electron chi connectivity index (χ0n) is 14.2. The molecule has 1 aliphatic heterocycles. The molecule has 0 aliphatic carbocycles. The van der Waals surface area contributed by atoms with Gasteiger partial charge in [0, 0.05) is 24.8 Å². The summed E-state index contributed by atoms with van der Waals surface area (Å²) >= 11 is 2.05. The van der Waals surface area contributed by atoms with Gasteiger partial charge in [-0.2, -0.15) is 11.8 Å². The number of hydrogen-bond donors (Lipinski definition) is 0. The second kappa shape index (κ2) is 12.4. The number of carbonyl (C=O) groups is 1. The van der Waals surface area contributed by atoms with E-state index in [9.17, 15) is 4.79 Å². The van der Waals surface area contributed by atoms with Crippen molar-refractivity contribution in [2.75, 3.05) is 18.1 Å². The van der Waals surface area contributed by atoms with Crippen molar-refractivity contribution in [2.24, 2.45) is 0 Å². The fourth-order valence-electron chi connectivity index (χ4n) is 3.04. The van der Waals surface area contributed by atoms with E-state index >= 15 is 0 Å². The van der Waals surface area contributed by atoms with E-state index in [2.05, 4.69) is 30.5 Å². The maximum atomic E-state index is 11.8. The van der Waals surface area contributed by atoms with Gasteiger partial charge in [-0.1, -0.05) is 58.8 Å². The number of nitrogens with zero attached hydrogens (tertiary/aromatic N) is 1. The van der Waals surface area contributed by atoms with Crippen LogP contribution in [0.3, 0.4) is 0 Å². The van der Waals surface area contributed by atoms with E-state index in [4.69, 9.17) is 0 Å². The van der Waals surface area contributed by atoms with Crippen LogP contribution in [0.5, 0.6) is 0 Å². The third kappa shape index (κ3) is 8.13. The van der Waals surface area contributed by atoms with Gasteiger partial charge in [-0.25, -0.2) is 0 Å². The first-order valence-corrected chi connectivity index (χ1v) is 10.3. The highest BCUT2D eigenvalue weighted by Gasteiger charge is 2.26. The van der Waals surface area contributed by atoms with Gasteiger partial charge in [-0.05, 0) is 25.0 Å². The van der Waals surface area contributed by atoms with Gasteiger partial charge < -0.3 is 4.90 Å². The predicted molar refractivity (Wildman–Crippen MR) is 95.0 cm³/mol. The van der Waals surface area contributed by atoms with Gasteiger partial charge in [0.2, 0.25) is 5.91 Å². The van der Waals surface area contributed by atoms with E-state index in [-0.39, 0.29) is 0 Å². The van der Waals surface area contributed by atoms with Crippen molar-refractivity contribution in [1.82, 2.24) is 4.90 Å². The molecule has 0 N–H and O–H groups in total. The third-order valence-electron chi connectivity index (χ3n) is 4.47. The SMILES string of the molecule is CCCCCCCCCCSCC(CC)N1CCCC1=O. The zero-order chi connectivity index (χ0) is 15.3. The first-order valence-electron chi connectivity index (χ1n) is 9.16. The topological polar surface area (TPSA) is 20.3 Å². The van der Waals surface area contributed by atoms with E-state index in [0.29, 0.717) is 11.9 Å². The van der Waals surface area contributed by atoms with Crippen molar-refractivity contribution >= 4 is 17.7 Å². The van der Waals surface area contributed by atoms with E-state index in [1.165, 1.54) is 57.1 Å². The van der Waals surface area contributed by atoms with Crippen LogP contribution in [-0.4, -0.2) is 34.9 Å². The first-order chi connectivity index (χ1) is 10.3. The lowest BCUT2D eigenvalue weighted by atomic mass is 10.1. The summed E-state index contributed by atoms with van der Waals surface area (Å²) in [5.41, 5.74) is 0. The molecule has 1 amide bonds. The summed E-state index contributed by atoms with van der Waals surface area (Å²) in [6.07, 6.45) is 14.1. The van der Waals surface area contributed by atoms with Gasteiger partial charge >= 0.3 is 0 Å². The average Bonchev–Trinajstić information content (AvgIpc) is 2.91. The highest BCUT2D eigenvalue weighted by molar-refractivity contribution is 7.99. The Morgan fingerprint density at radius 2 is 1.71 bits per heavy atom. The molecule has 0 aromatic rings. The predicted octanol–water partition coefficient (Wildman–Crippen LogP) is 5.26. The first kappa shape index (κ1) is 18.9. The molecule has 124 valence electrons. The third-order valence-corrected chi connectivity index (χ3v) is 5.67. The van der Waals surface area contributed by atoms with Crippen molar-refractivity contribution in [3.8, 4) is 0 Å². The van der Waals surface area contributed by atoms with Gasteiger partial charge in [0.05, 0.1) is 0 Å². The van der Waals surface area contributed by atoms with Crippen LogP contribution in [0.4, 0.5) is 0 Å². The fraction of sp³-hybridized carbons (Fsp3) is 0.944. The molecule has 1 atom stereocenters. The van der Waals surface area contributed by atoms with Crippen molar-refractivity contribution in [3.05, 3.63) is 0 Å². The summed E-state index contributed by atoms with van der Waals surface area (Å²) in [4.78, 5) is 13.9. The Morgan fingerprint density at radius 3 is 2.29 bits per heavy atom. The molecule has 1 aliphatic rings. The lowest BCUT2D eigenvalue weighted by molar-refractivity contribution is -0.129. The number of likely N-dealkylation sites (tertiary alicyclic amines) is 1. The quantitative estimate of drug-likeness (QED) is 0.432. The second-order valence-electron chi connectivity index (χ2n) is 6.30. The number of unbranched alkanes of at least 4 members (excludes halogenated alkanes) is 7. The largest absolute Gasteiger partial charge is 0.339 e. The minimum atomic E-state index is 0.384. The fourth-order valence-corrected chi connectivity index (χ4v) is 4.30. The van der Waals surface area contributed by atoms with Crippen molar-refractivity contribution in [1.29, 1.82) is 0 Å². The smallest absolute Gasteiger partial charge is 0.222 e. The molecule has 0 spiro atoms. The zero-order valence-corrected chi connectivity index (χ0v) is 15.1. The van der Waals surface area contributed by atoms with Crippen molar-refractivity contribution < 1.29 is 4.79 Å². The standard InChI is InChI=1S/C18H35NOS/c1-3-5-6-7-8-9-10-11-15-21-16-17(4-2)19-14-12-13-18(19)20/h17H,3-16H2,1-2H3. The van der Waals surface area contributed by atoms with Crippen LogP contribution in [0.15, 0.2) is 0 Å². The average molecular weight is 314 g/mol. The van der Waals surface area contributed by atoms with Crippen LogP contribution in [-0.2, 0) is 4.79 Å². The van der Waals surface area contributed by atoms with Gasteiger partial charge in [-0.3, -0.25) is 4.79 Å². The number of carbonyl (C=O) groups excluding carboxylic acids is 1. The van der Waals surface area contributed by atoms with Gasteiger partial charge in [0.1, 0.15) is 0 Å². The molecule has 0 aromatic heterocycles. The molecule has 1 fully saturated rings. The van der Waals surface area contributed by atoms with Gasteiger partial charge in [-0.15, -0.1) is 0 Å². The minimum Gasteiger partial charge on any atom is -0.339 e. The summed E-state index contributed by atoms with van der Waals surface area (Å²) in [5, 5.41) is 0. The number of amides is 1. The highest BCUT2D eigenvalue weighted by Crippen LogP contribution is 2.20. The Balaban J connectivity index is 1.94. The summed E-state index contributed by atoms with van der Waals surface area (Å²) in [5.74, 6) is 2.79. The second-order valence-corrected chi connectivity index (χ2v) is 7.45. The molecular weight excluding hydrogens is 278 g/mol. The summed E-state index contributed by atoms with van der Waals surface area (Å²) in [6, 6.07) is 0.485. The Morgan fingerprint density at radius 1 is 1.05 bits per heavy atom. The molecule has 1 saturated heterocycles. The Kier molecular flexibility index (Phi) is 11.1. The van der Waals surface area contributed by atoms with Crippen LogP contribution >= 0.6 is 11.8 Å². The highest BCUT2D eigenvalue weighted by atomic mass is 32.2. The molecular formula is C18H35NOS. The molecule has 1 unspecified atom stereocenters. The maximum absolute atomic E-state index is 11.8. The van der Waals surface area contributed by atoms with E-state index in [1.807, 2.05) is 0 Å². The van der Waals surface area contributed by atoms with Crippen LogP contribution < -0.4 is 0 Å². The molecule has 0 radical (unpaired) electrons. The number of hydrogen-bond acceptors (Lipinski definition) is 2. The Hall–Kier alpha value is -0.180. The van der Waals surface area contributed by atoms with E-state index in [0.717, 1.165) is 31.6 Å². The van der Waals surface area contributed by atoms with Crippen LogP contribution in [0, 0.1) is 0 Å². The lowest BCUT2D eigenvalue weighted by Gasteiger charge is -2.26. The van der Waals surface area contributed by atoms with Gasteiger partial charge in [0.15, 0.2) is 0 Å². The normalized spacial score (nSPS) is 16.7. The van der Waals surface area contributed by atoms with E-state index in [1.54, 1.807) is 0 Å². The summed E-state index contributed by atoms with van der Waals surface area (Å²) in [6.45, 7) is 5.49. The maximum Gasteiger partial charge on any atom is 0.222 e. The number of rotatable bonds is 13. The Bertz CT molecular complexity index is 270. The molecule has 3 heteroatoms. The van der Waals surface area contributed by atoms with Crippen LogP contribution in [0.2, 0.25) is 0 Å². The summed E-state index contributed by atoms with van der Waals surface area (Å²) in [7, 11) is 0. The van der Waals surface area contributed by atoms with Gasteiger partial charge in [0.25, 0.3) is 0 Å². The molecule has 0 bridgehead atoms. The number of thioether (sulfide) groups is 1. The van der Waals surface area contributed by atoms with Crippen LogP contribution in [0.25, 0.3) is 0 Å². The monoisotopic (exact) mass is 313 g/mol. The minimum absolute atomic E-state index is 0.384. The molecule has 0 aromatic carbocycles. The molecule has 0 saturated carbocycles. The molecule has 21 heavy (non-hydrogen) atoms. The summed E-state index contributed by atoms with van der Waals surface area (Å²) < 4.78 is 0. The molecule has 1 heterocycles. The Labute approximate surface area is 136 Å². The van der Waals surface area contributed by atoms with Crippen molar-refractivity contribution in [3.63, 3.8) is 0 Å².